The molecule has 3 aromatic carbocycles. The molecule has 0 fully saturated rings. The van der Waals surface area contributed by atoms with E-state index in [0.717, 1.165) is 30.4 Å². The lowest BCUT2D eigenvalue weighted by atomic mass is 10.1. The molecular weight excluding hydrogens is 420 g/mol. The molecule has 3 atom stereocenters. The number of rotatable bonds is 12. The Balaban J connectivity index is 1.52. The molecule has 3 aromatic rings. The zero-order valence-corrected chi connectivity index (χ0v) is 19.1. The number of hydrogen-bond acceptors (Lipinski definition) is 5. The molecule has 0 spiro atoms. The highest BCUT2D eigenvalue weighted by molar-refractivity contribution is 5.65. The summed E-state index contributed by atoms with van der Waals surface area (Å²) in [7, 11) is 0. The maximum atomic E-state index is 12.5. The first kappa shape index (κ1) is 24.7. The number of quaternary nitrogens is 2. The molecule has 3 N–H and O–H groups in total. The number of phenols is 1. The molecule has 0 heterocycles. The zero-order valence-electron chi connectivity index (χ0n) is 19.1. The highest BCUT2D eigenvalue weighted by Gasteiger charge is 2.12. The molecule has 176 valence electrons. The summed E-state index contributed by atoms with van der Waals surface area (Å²) in [4.78, 5) is 10.9. The normalized spacial score (nSPS) is 13.9. The van der Waals surface area contributed by atoms with Crippen LogP contribution >= 0.6 is 0 Å². The van der Waals surface area contributed by atoms with Gasteiger partial charge < -0.3 is 20.4 Å². The molecule has 0 amide bonds. The van der Waals surface area contributed by atoms with Crippen LogP contribution in [-0.2, 0) is 4.84 Å². The number of unbranched alkanes of at least 4 members (excludes halogenated alkanes) is 3. The Kier molecular flexibility index (Phi) is 9.24. The fourth-order valence-corrected chi connectivity index (χ4v) is 3.45. The second-order valence-electron chi connectivity index (χ2n) is 8.10. The predicted molar refractivity (Wildman–Crippen MR) is 128 cm³/mol. The monoisotopic (exact) mass is 452 g/mol. The smallest absolute Gasteiger partial charge is 0.191 e. The van der Waals surface area contributed by atoms with Gasteiger partial charge in [0.15, 0.2) is 17.1 Å². The number of benzene rings is 3. The fourth-order valence-electron chi connectivity index (χ4n) is 3.45. The van der Waals surface area contributed by atoms with Gasteiger partial charge in [-0.3, -0.25) is 0 Å². The van der Waals surface area contributed by atoms with Gasteiger partial charge in [-0.15, -0.1) is 5.23 Å². The number of aromatic hydroxyl groups is 1. The van der Waals surface area contributed by atoms with Crippen molar-refractivity contribution in [1.29, 1.82) is 0 Å². The van der Waals surface area contributed by atoms with Crippen molar-refractivity contribution in [1.82, 2.24) is 0 Å². The molecule has 0 saturated carbocycles. The maximum Gasteiger partial charge on any atom is 0.191 e. The van der Waals surface area contributed by atoms with Gasteiger partial charge in [0, 0.05) is 24.3 Å². The van der Waals surface area contributed by atoms with E-state index in [0.29, 0.717) is 17.1 Å². The Hall–Kier alpha value is -2.94. The van der Waals surface area contributed by atoms with Gasteiger partial charge in [-0.05, 0) is 60.9 Å². The van der Waals surface area contributed by atoms with Gasteiger partial charge in [0.2, 0.25) is 0 Å². The third-order valence-electron chi connectivity index (χ3n) is 5.39. The van der Waals surface area contributed by atoms with Crippen molar-refractivity contribution in [2.45, 2.75) is 52.1 Å². The minimum atomic E-state index is -0.483. The van der Waals surface area contributed by atoms with Crippen LogP contribution < -0.4 is 15.3 Å². The van der Waals surface area contributed by atoms with Crippen LogP contribution in [0, 0.1) is 10.4 Å². The van der Waals surface area contributed by atoms with E-state index in [1.165, 1.54) is 12.8 Å². The molecule has 0 radical (unpaired) electrons. The lowest BCUT2D eigenvalue weighted by Crippen LogP contribution is -3.04. The molecule has 0 aliphatic heterocycles. The highest BCUT2D eigenvalue weighted by atomic mass is 16.9. The maximum absolute atomic E-state index is 12.5. The zero-order chi connectivity index (χ0) is 23.6. The van der Waals surface area contributed by atoms with Gasteiger partial charge in [0.05, 0.1) is 0 Å². The summed E-state index contributed by atoms with van der Waals surface area (Å²) >= 11 is 0. The molecule has 3 rings (SSSR count). The molecular formula is C26H32N2O5. The summed E-state index contributed by atoms with van der Waals surface area (Å²) in [6.45, 7) is 4.08. The molecule has 3 unspecified atom stereocenters. The molecule has 7 heteroatoms. The lowest BCUT2D eigenvalue weighted by molar-refractivity contribution is -1.00. The van der Waals surface area contributed by atoms with Gasteiger partial charge >= 0.3 is 0 Å². The van der Waals surface area contributed by atoms with Crippen LogP contribution in [0.4, 0.5) is 11.4 Å². The molecule has 0 aliphatic carbocycles. The van der Waals surface area contributed by atoms with Crippen molar-refractivity contribution in [3.8, 4) is 22.6 Å². The number of phenolic OH excluding ortho intramolecular Hbond substituents is 1. The first-order valence-electron chi connectivity index (χ1n) is 11.4. The van der Waals surface area contributed by atoms with Crippen LogP contribution in [0.3, 0.4) is 0 Å². The Morgan fingerprint density at radius 3 is 1.91 bits per heavy atom. The van der Waals surface area contributed by atoms with Gasteiger partial charge in [0.25, 0.3) is 0 Å². The van der Waals surface area contributed by atoms with Crippen LogP contribution in [0.15, 0.2) is 72.8 Å². The average Bonchev–Trinajstić information content (AvgIpc) is 2.83. The summed E-state index contributed by atoms with van der Waals surface area (Å²) in [5.41, 5.74) is 2.70. The number of nitrogens with one attached hydrogen (secondary N) is 2. The predicted octanol–water partition coefficient (Wildman–Crippen LogP) is 4.37. The van der Waals surface area contributed by atoms with Gasteiger partial charge in [-0.1, -0.05) is 44.7 Å². The Bertz CT molecular complexity index is 961. The van der Waals surface area contributed by atoms with Gasteiger partial charge in [-0.25, -0.2) is 0 Å². The van der Waals surface area contributed by atoms with E-state index >= 15 is 0 Å². The molecule has 7 nitrogen and oxygen atoms in total. The number of hydrogen-bond donors (Lipinski definition) is 3. The molecule has 0 aromatic heterocycles. The summed E-state index contributed by atoms with van der Waals surface area (Å²) in [5.74, 6) is 0.557. The lowest BCUT2D eigenvalue weighted by Gasteiger charge is -2.24. The summed E-state index contributed by atoms with van der Waals surface area (Å²) in [5, 5.41) is 33.3. The first-order chi connectivity index (χ1) is 16.0. The largest absolute Gasteiger partial charge is 0.595 e. The van der Waals surface area contributed by atoms with E-state index in [4.69, 9.17) is 9.68 Å². The molecule has 0 saturated heterocycles. The van der Waals surface area contributed by atoms with Gasteiger partial charge in [0.1, 0.15) is 11.9 Å². The van der Waals surface area contributed by atoms with Crippen molar-refractivity contribution < 1.29 is 25.2 Å². The van der Waals surface area contributed by atoms with E-state index in [-0.39, 0.29) is 17.1 Å². The van der Waals surface area contributed by atoms with Crippen LogP contribution in [0.2, 0.25) is 0 Å². The Labute approximate surface area is 194 Å². The second kappa shape index (κ2) is 12.3. The molecule has 0 bridgehead atoms. The average molecular weight is 453 g/mol. The minimum absolute atomic E-state index is 0.128. The summed E-state index contributed by atoms with van der Waals surface area (Å²) < 4.78 is 0. The third-order valence-corrected chi connectivity index (χ3v) is 5.39. The van der Waals surface area contributed by atoms with E-state index in [9.17, 15) is 15.5 Å². The highest BCUT2D eigenvalue weighted by Crippen LogP contribution is 2.22. The van der Waals surface area contributed by atoms with Crippen molar-refractivity contribution in [3.05, 3.63) is 83.2 Å². The summed E-state index contributed by atoms with van der Waals surface area (Å²) in [6.07, 6.45) is 5.30. The quantitative estimate of drug-likeness (QED) is 0.280. The van der Waals surface area contributed by atoms with E-state index in [1.807, 2.05) is 31.2 Å². The summed E-state index contributed by atoms with van der Waals surface area (Å²) in [6, 6.07) is 20.3. The fraction of sp³-hybridized carbons (Fsp3) is 0.308. The van der Waals surface area contributed by atoms with Crippen molar-refractivity contribution in [2.75, 3.05) is 0 Å². The first-order valence-corrected chi connectivity index (χ1v) is 11.4. The standard InChI is InChI=1S/C26H32N2O5/c1-3-4-5-6-7-20(2)32-27(30)24-14-18-26(19-15-24)33-28(31)23-12-8-21(9-13-23)22-10-16-25(29)17-11-22/h8-20,27-29H,3-7H2,1-2H3. The van der Waals surface area contributed by atoms with Crippen LogP contribution in [0.1, 0.15) is 46.0 Å². The van der Waals surface area contributed by atoms with Crippen molar-refractivity contribution in [3.63, 3.8) is 0 Å². The Morgan fingerprint density at radius 2 is 1.30 bits per heavy atom. The topological polar surface area (TPSA) is 93.7 Å². The minimum Gasteiger partial charge on any atom is -0.595 e. The van der Waals surface area contributed by atoms with E-state index < -0.39 is 5.23 Å². The molecule has 33 heavy (non-hydrogen) atoms. The van der Waals surface area contributed by atoms with Crippen LogP contribution in [0.5, 0.6) is 11.5 Å². The van der Waals surface area contributed by atoms with E-state index in [2.05, 4.69) is 6.92 Å². The van der Waals surface area contributed by atoms with Gasteiger partial charge in [-0.2, -0.15) is 10.1 Å². The molecule has 0 aliphatic rings. The SMILES string of the molecule is CCCCCCC(C)O[NH+]([O-])c1ccc(O[NH+]([O-])c2ccc(-c3ccc(O)cc3)cc2)cc1. The Morgan fingerprint density at radius 1 is 0.758 bits per heavy atom. The second-order valence-corrected chi connectivity index (χ2v) is 8.10. The van der Waals surface area contributed by atoms with Crippen molar-refractivity contribution >= 4 is 11.4 Å². The van der Waals surface area contributed by atoms with Crippen molar-refractivity contribution in [2.24, 2.45) is 0 Å². The third kappa shape index (κ3) is 7.56. The van der Waals surface area contributed by atoms with Crippen LogP contribution in [-0.4, -0.2) is 11.2 Å². The van der Waals surface area contributed by atoms with E-state index in [1.54, 1.807) is 48.5 Å². The van der Waals surface area contributed by atoms with Crippen LogP contribution in [0.25, 0.3) is 11.1 Å².